The zero-order chi connectivity index (χ0) is 7.68. The molecule has 0 spiro atoms. The number of hydrogen-bond donors (Lipinski definition) is 1. The Balaban J connectivity index is 2.67. The summed E-state index contributed by atoms with van der Waals surface area (Å²) in [6.45, 7) is 0.0567. The summed E-state index contributed by atoms with van der Waals surface area (Å²) in [5.74, 6) is 0. The molecule has 1 heterocycles. The van der Waals surface area contributed by atoms with Gasteiger partial charge in [-0.3, -0.25) is 0 Å². The van der Waals surface area contributed by atoms with Crippen LogP contribution in [0.4, 0.5) is 0 Å². The molecule has 11 heavy (non-hydrogen) atoms. The molecule has 2 rings (SSSR count). The molecule has 3 nitrogen and oxygen atoms in total. The molecule has 0 amide bonds. The summed E-state index contributed by atoms with van der Waals surface area (Å²) >= 11 is 0. The van der Waals surface area contributed by atoms with Crippen molar-refractivity contribution in [3.8, 4) is 0 Å². The van der Waals surface area contributed by atoms with E-state index in [1.807, 2.05) is 12.1 Å². The van der Waals surface area contributed by atoms with Crippen molar-refractivity contribution in [3.63, 3.8) is 0 Å². The van der Waals surface area contributed by atoms with Gasteiger partial charge in [-0.2, -0.15) is 0 Å². The monoisotopic (exact) mass is 149 g/mol. The Kier molecular flexibility index (Phi) is 1.36. The third-order valence-corrected chi connectivity index (χ3v) is 1.60. The summed E-state index contributed by atoms with van der Waals surface area (Å²) in [7, 11) is 0. The molecule has 0 atom stereocenters. The molecule has 0 unspecified atom stereocenters. The van der Waals surface area contributed by atoms with E-state index >= 15 is 0 Å². The van der Waals surface area contributed by atoms with Gasteiger partial charge in [-0.15, -0.1) is 0 Å². The molecule has 0 aliphatic carbocycles. The lowest BCUT2D eigenvalue weighted by molar-refractivity contribution is 0.282. The van der Waals surface area contributed by atoms with Gasteiger partial charge in [0.2, 0.25) is 0 Å². The Bertz CT molecular complexity index is 367. The second-order valence-corrected chi connectivity index (χ2v) is 2.36. The van der Waals surface area contributed by atoms with Crippen molar-refractivity contribution < 1.29 is 9.63 Å². The lowest BCUT2D eigenvalue weighted by Crippen LogP contribution is -1.79. The van der Waals surface area contributed by atoms with Gasteiger partial charge in [0.05, 0.1) is 12.8 Å². The van der Waals surface area contributed by atoms with Crippen molar-refractivity contribution in [2.75, 3.05) is 0 Å². The van der Waals surface area contributed by atoms with E-state index in [2.05, 4.69) is 5.16 Å². The van der Waals surface area contributed by atoms with Crippen LogP contribution < -0.4 is 0 Å². The molecule has 0 aliphatic heterocycles. The number of hydrogen-bond acceptors (Lipinski definition) is 3. The number of rotatable bonds is 1. The predicted octanol–water partition coefficient (Wildman–Crippen LogP) is 1.32. The fourth-order valence-corrected chi connectivity index (χ4v) is 1.02. The molecule has 0 aliphatic rings. The van der Waals surface area contributed by atoms with Gasteiger partial charge < -0.3 is 9.63 Å². The molecule has 1 N–H and O–H groups in total. The summed E-state index contributed by atoms with van der Waals surface area (Å²) in [5, 5.41) is 13.3. The van der Waals surface area contributed by atoms with Crippen LogP contribution in [-0.4, -0.2) is 10.3 Å². The van der Waals surface area contributed by atoms with Crippen LogP contribution in [0.15, 0.2) is 28.9 Å². The zero-order valence-corrected chi connectivity index (χ0v) is 5.82. The third kappa shape index (κ3) is 0.991. The maximum Gasteiger partial charge on any atom is 0.166 e. The van der Waals surface area contributed by atoms with E-state index in [1.54, 1.807) is 12.3 Å². The van der Waals surface area contributed by atoms with Crippen molar-refractivity contribution in [3.05, 3.63) is 30.0 Å². The molecule has 1 aromatic carbocycles. The van der Waals surface area contributed by atoms with Crippen molar-refractivity contribution in [2.45, 2.75) is 6.61 Å². The van der Waals surface area contributed by atoms with Crippen LogP contribution in [0.3, 0.4) is 0 Å². The maximum atomic E-state index is 8.78. The first kappa shape index (κ1) is 6.37. The van der Waals surface area contributed by atoms with E-state index in [-0.39, 0.29) is 6.61 Å². The van der Waals surface area contributed by atoms with Crippen molar-refractivity contribution in [1.82, 2.24) is 5.16 Å². The molecule has 56 valence electrons. The third-order valence-electron chi connectivity index (χ3n) is 1.60. The summed E-state index contributed by atoms with van der Waals surface area (Å²) in [4.78, 5) is 0. The second kappa shape index (κ2) is 2.36. The van der Waals surface area contributed by atoms with Crippen LogP contribution in [0.1, 0.15) is 5.56 Å². The minimum Gasteiger partial charge on any atom is -0.392 e. The van der Waals surface area contributed by atoms with Gasteiger partial charge in [-0.1, -0.05) is 11.2 Å². The molecule has 2 aromatic rings. The number of aromatic nitrogens is 1. The molecule has 0 radical (unpaired) electrons. The Labute approximate surface area is 63.2 Å². The Morgan fingerprint density at radius 2 is 2.36 bits per heavy atom. The molecule has 0 saturated heterocycles. The molecule has 3 heteroatoms. The van der Waals surface area contributed by atoms with Gasteiger partial charge in [-0.05, 0) is 17.7 Å². The first-order valence-electron chi connectivity index (χ1n) is 3.34. The average molecular weight is 149 g/mol. The van der Waals surface area contributed by atoms with Gasteiger partial charge in [0, 0.05) is 5.39 Å². The zero-order valence-electron chi connectivity index (χ0n) is 5.82. The standard InChI is InChI=1S/C8H7NO2/c10-5-6-1-2-8-7(3-6)4-9-11-8/h1-4,10H,5H2. The SMILES string of the molecule is OCc1ccc2oncc2c1. The Hall–Kier alpha value is -1.35. The van der Waals surface area contributed by atoms with Gasteiger partial charge >= 0.3 is 0 Å². The Morgan fingerprint density at radius 3 is 3.18 bits per heavy atom. The maximum absolute atomic E-state index is 8.78. The highest BCUT2D eigenvalue weighted by Gasteiger charge is 1.97. The summed E-state index contributed by atoms with van der Waals surface area (Å²) in [5.41, 5.74) is 1.63. The van der Waals surface area contributed by atoms with E-state index in [4.69, 9.17) is 9.63 Å². The van der Waals surface area contributed by atoms with Crippen LogP contribution in [0.2, 0.25) is 0 Å². The highest BCUT2D eigenvalue weighted by Crippen LogP contribution is 2.14. The van der Waals surface area contributed by atoms with Gasteiger partial charge in [0.15, 0.2) is 5.58 Å². The second-order valence-electron chi connectivity index (χ2n) is 2.36. The van der Waals surface area contributed by atoms with Crippen LogP contribution in [0.5, 0.6) is 0 Å². The van der Waals surface area contributed by atoms with Crippen molar-refractivity contribution in [2.24, 2.45) is 0 Å². The van der Waals surface area contributed by atoms with Crippen LogP contribution >= 0.6 is 0 Å². The molecule has 0 fully saturated rings. The van der Waals surface area contributed by atoms with E-state index in [1.165, 1.54) is 0 Å². The van der Waals surface area contributed by atoms with Crippen LogP contribution in [-0.2, 0) is 6.61 Å². The lowest BCUT2D eigenvalue weighted by atomic mass is 10.2. The number of aliphatic hydroxyl groups is 1. The van der Waals surface area contributed by atoms with Gasteiger partial charge in [0.25, 0.3) is 0 Å². The van der Waals surface area contributed by atoms with E-state index < -0.39 is 0 Å². The summed E-state index contributed by atoms with van der Waals surface area (Å²) in [6, 6.07) is 5.47. The van der Waals surface area contributed by atoms with Crippen LogP contribution in [0, 0.1) is 0 Å². The number of benzene rings is 1. The highest BCUT2D eigenvalue weighted by atomic mass is 16.5. The average Bonchev–Trinajstić information content (AvgIpc) is 2.50. The highest BCUT2D eigenvalue weighted by molar-refractivity contribution is 5.76. The smallest absolute Gasteiger partial charge is 0.166 e. The first-order chi connectivity index (χ1) is 5.40. The molecule has 0 bridgehead atoms. The van der Waals surface area contributed by atoms with E-state index in [9.17, 15) is 0 Å². The predicted molar refractivity (Wildman–Crippen MR) is 39.9 cm³/mol. The first-order valence-corrected chi connectivity index (χ1v) is 3.34. The van der Waals surface area contributed by atoms with Gasteiger partial charge in [-0.25, -0.2) is 0 Å². The number of fused-ring (bicyclic) bond motifs is 1. The minimum atomic E-state index is 0.0567. The molecule has 0 saturated carbocycles. The van der Waals surface area contributed by atoms with Crippen molar-refractivity contribution in [1.29, 1.82) is 0 Å². The van der Waals surface area contributed by atoms with Gasteiger partial charge in [0.1, 0.15) is 0 Å². The lowest BCUT2D eigenvalue weighted by Gasteiger charge is -1.92. The largest absolute Gasteiger partial charge is 0.392 e. The Morgan fingerprint density at radius 1 is 1.45 bits per heavy atom. The molecular formula is C8H7NO2. The quantitative estimate of drug-likeness (QED) is 0.665. The van der Waals surface area contributed by atoms with E-state index in [0.717, 1.165) is 16.5 Å². The fourth-order valence-electron chi connectivity index (χ4n) is 1.02. The topological polar surface area (TPSA) is 46.3 Å². The van der Waals surface area contributed by atoms with E-state index in [0.29, 0.717) is 0 Å². The number of aliphatic hydroxyl groups excluding tert-OH is 1. The minimum absolute atomic E-state index is 0.0567. The fraction of sp³-hybridized carbons (Fsp3) is 0.125. The summed E-state index contributed by atoms with van der Waals surface area (Å²) in [6.07, 6.45) is 1.63. The van der Waals surface area contributed by atoms with Crippen molar-refractivity contribution >= 4 is 11.0 Å². The normalized spacial score (nSPS) is 10.6. The summed E-state index contributed by atoms with van der Waals surface area (Å²) < 4.78 is 4.89. The molecular weight excluding hydrogens is 142 g/mol. The number of nitrogens with zero attached hydrogens (tertiary/aromatic N) is 1. The van der Waals surface area contributed by atoms with Crippen LogP contribution in [0.25, 0.3) is 11.0 Å². The molecule has 1 aromatic heterocycles.